The summed E-state index contributed by atoms with van der Waals surface area (Å²) in [6, 6.07) is 7.92. The Bertz CT molecular complexity index is 739. The summed E-state index contributed by atoms with van der Waals surface area (Å²) in [7, 11) is -3.36. The van der Waals surface area contributed by atoms with Crippen LogP contribution in [0.15, 0.2) is 45.7 Å². The van der Waals surface area contributed by atoms with Crippen LogP contribution in [0, 0.1) is 0 Å². The van der Waals surface area contributed by atoms with Gasteiger partial charge in [-0.1, -0.05) is 6.07 Å². The normalized spacial score (nSPS) is 11.1. The van der Waals surface area contributed by atoms with Crippen molar-refractivity contribution in [2.24, 2.45) is 0 Å². The lowest BCUT2D eigenvalue weighted by Crippen LogP contribution is -2.13. The van der Waals surface area contributed by atoms with Gasteiger partial charge in [0.05, 0.1) is 23.8 Å². The van der Waals surface area contributed by atoms with Gasteiger partial charge in [0, 0.05) is 5.69 Å². The average Bonchev–Trinajstić information content (AvgIpc) is 2.73. The maximum Gasteiger partial charge on any atom is 0.260 e. The number of nitrogens with one attached hydrogen (secondary N) is 2. The van der Waals surface area contributed by atoms with Crippen LogP contribution in [-0.4, -0.2) is 20.6 Å². The lowest BCUT2D eigenvalue weighted by Gasteiger charge is -2.07. The van der Waals surface area contributed by atoms with Crippen LogP contribution in [0.5, 0.6) is 0 Å². The van der Waals surface area contributed by atoms with Crippen LogP contribution < -0.4 is 10.0 Å². The fourth-order valence-electron chi connectivity index (χ4n) is 1.53. The summed E-state index contributed by atoms with van der Waals surface area (Å²) in [6.45, 7) is 0. The number of hydrogen-bond donors (Lipinski definition) is 2. The first-order chi connectivity index (χ1) is 9.35. The molecule has 0 saturated heterocycles. The van der Waals surface area contributed by atoms with Crippen molar-refractivity contribution in [3.63, 3.8) is 0 Å². The number of halogens is 1. The summed E-state index contributed by atoms with van der Waals surface area (Å²) in [6.07, 6.45) is 2.45. The van der Waals surface area contributed by atoms with E-state index in [0.29, 0.717) is 21.6 Å². The van der Waals surface area contributed by atoms with Gasteiger partial charge >= 0.3 is 0 Å². The number of carbonyl (C=O) groups is 1. The molecule has 0 bridgehead atoms. The number of furan rings is 1. The Morgan fingerprint density at radius 1 is 1.25 bits per heavy atom. The second-order valence-electron chi connectivity index (χ2n) is 4.02. The van der Waals surface area contributed by atoms with E-state index in [1.165, 1.54) is 18.4 Å². The molecule has 0 saturated carbocycles. The highest BCUT2D eigenvalue weighted by Gasteiger charge is 2.13. The van der Waals surface area contributed by atoms with Crippen LogP contribution in [0.4, 0.5) is 11.4 Å². The first-order valence-corrected chi connectivity index (χ1v) is 8.16. The highest BCUT2D eigenvalue weighted by atomic mass is 79.9. The van der Waals surface area contributed by atoms with Gasteiger partial charge in [0.1, 0.15) is 0 Å². The van der Waals surface area contributed by atoms with Gasteiger partial charge in [-0.15, -0.1) is 0 Å². The first-order valence-electron chi connectivity index (χ1n) is 5.47. The third-order valence-electron chi connectivity index (χ3n) is 2.29. The molecule has 1 aromatic heterocycles. The molecular formula is C12H11BrN2O4S. The van der Waals surface area contributed by atoms with Gasteiger partial charge in [-0.25, -0.2) is 8.42 Å². The van der Waals surface area contributed by atoms with Crippen LogP contribution in [0.2, 0.25) is 0 Å². The molecule has 1 heterocycles. The smallest absolute Gasteiger partial charge is 0.260 e. The minimum Gasteiger partial charge on any atom is -0.457 e. The number of benzene rings is 1. The van der Waals surface area contributed by atoms with Crippen molar-refractivity contribution in [3.05, 3.63) is 46.8 Å². The number of amides is 1. The molecule has 0 unspecified atom stereocenters. The zero-order chi connectivity index (χ0) is 14.8. The second kappa shape index (κ2) is 5.68. The van der Waals surface area contributed by atoms with E-state index in [-0.39, 0.29) is 5.91 Å². The minimum atomic E-state index is -3.36. The van der Waals surface area contributed by atoms with E-state index in [9.17, 15) is 13.2 Å². The molecule has 106 valence electrons. The molecule has 2 N–H and O–H groups in total. The van der Waals surface area contributed by atoms with Crippen LogP contribution in [0.1, 0.15) is 10.4 Å². The van der Waals surface area contributed by atoms with Crippen molar-refractivity contribution in [2.75, 3.05) is 16.3 Å². The molecular weight excluding hydrogens is 348 g/mol. The number of anilines is 2. The predicted molar refractivity (Wildman–Crippen MR) is 79.3 cm³/mol. The molecule has 0 aliphatic heterocycles. The lowest BCUT2D eigenvalue weighted by atomic mass is 10.2. The maximum absolute atomic E-state index is 12.0. The van der Waals surface area contributed by atoms with Crippen molar-refractivity contribution >= 4 is 43.2 Å². The maximum atomic E-state index is 12.0. The van der Waals surface area contributed by atoms with Crippen LogP contribution >= 0.6 is 15.9 Å². The van der Waals surface area contributed by atoms with E-state index >= 15 is 0 Å². The van der Waals surface area contributed by atoms with Crippen LogP contribution in [0.3, 0.4) is 0 Å². The van der Waals surface area contributed by atoms with E-state index in [1.807, 2.05) is 0 Å². The van der Waals surface area contributed by atoms with Gasteiger partial charge in [0.25, 0.3) is 5.91 Å². The van der Waals surface area contributed by atoms with Gasteiger partial charge < -0.3 is 9.73 Å². The van der Waals surface area contributed by atoms with Crippen LogP contribution in [0.25, 0.3) is 0 Å². The highest BCUT2D eigenvalue weighted by molar-refractivity contribution is 9.10. The fourth-order valence-corrected chi connectivity index (χ4v) is 2.50. The Labute approximate surface area is 124 Å². The number of carbonyl (C=O) groups excluding carboxylic acids is 1. The van der Waals surface area contributed by atoms with Crippen molar-refractivity contribution in [2.45, 2.75) is 0 Å². The van der Waals surface area contributed by atoms with E-state index in [1.54, 1.807) is 18.2 Å². The summed E-state index contributed by atoms with van der Waals surface area (Å²) in [4.78, 5) is 12.0. The van der Waals surface area contributed by atoms with E-state index in [4.69, 9.17) is 4.42 Å². The van der Waals surface area contributed by atoms with Crippen molar-refractivity contribution < 1.29 is 17.6 Å². The monoisotopic (exact) mass is 358 g/mol. The molecule has 6 nitrogen and oxygen atoms in total. The molecule has 0 aliphatic rings. The largest absolute Gasteiger partial charge is 0.457 e. The van der Waals surface area contributed by atoms with Crippen molar-refractivity contribution in [1.29, 1.82) is 0 Å². The van der Waals surface area contributed by atoms with Gasteiger partial charge in [-0.3, -0.25) is 9.52 Å². The lowest BCUT2D eigenvalue weighted by molar-refractivity contribution is 0.102. The quantitative estimate of drug-likeness (QED) is 0.879. The number of sulfonamides is 1. The summed E-state index contributed by atoms with van der Waals surface area (Å²) >= 11 is 3.12. The van der Waals surface area contributed by atoms with Crippen LogP contribution in [-0.2, 0) is 10.0 Å². The second-order valence-corrected chi connectivity index (χ2v) is 6.49. The van der Waals surface area contributed by atoms with Gasteiger partial charge in [-0.2, -0.15) is 0 Å². The minimum absolute atomic E-state index is 0.334. The molecule has 0 radical (unpaired) electrons. The molecule has 1 aromatic carbocycles. The predicted octanol–water partition coefficient (Wildman–Crippen LogP) is 2.67. The Kier molecular flexibility index (Phi) is 4.15. The number of rotatable bonds is 4. The first kappa shape index (κ1) is 14.6. The third-order valence-corrected chi connectivity index (χ3v) is 3.51. The molecule has 2 rings (SSSR count). The third kappa shape index (κ3) is 3.84. The molecule has 2 aromatic rings. The van der Waals surface area contributed by atoms with E-state index in [0.717, 1.165) is 6.26 Å². The summed E-state index contributed by atoms with van der Waals surface area (Å²) in [5.41, 5.74) is 1.19. The zero-order valence-electron chi connectivity index (χ0n) is 10.4. The topological polar surface area (TPSA) is 88.4 Å². The standard InChI is InChI=1S/C12H11BrN2O4S/c1-20(17,18)15-9-4-2-3-8(7-9)14-12(16)10-5-6-19-11(10)13/h2-7,15H,1H3,(H,14,16). The molecule has 1 amide bonds. The molecule has 0 aliphatic carbocycles. The molecule has 0 fully saturated rings. The Balaban J connectivity index is 2.16. The zero-order valence-corrected chi connectivity index (χ0v) is 12.8. The Hall–Kier alpha value is -1.80. The summed E-state index contributed by atoms with van der Waals surface area (Å²) in [5.74, 6) is -0.359. The fraction of sp³-hybridized carbons (Fsp3) is 0.0833. The van der Waals surface area contributed by atoms with Gasteiger partial charge in [0.15, 0.2) is 4.67 Å². The van der Waals surface area contributed by atoms with E-state index in [2.05, 4.69) is 26.0 Å². The average molecular weight is 359 g/mol. The Morgan fingerprint density at radius 3 is 2.55 bits per heavy atom. The SMILES string of the molecule is CS(=O)(=O)Nc1cccc(NC(=O)c2ccoc2Br)c1. The highest BCUT2D eigenvalue weighted by Crippen LogP contribution is 2.21. The van der Waals surface area contributed by atoms with Crippen molar-refractivity contribution in [1.82, 2.24) is 0 Å². The van der Waals surface area contributed by atoms with Crippen molar-refractivity contribution in [3.8, 4) is 0 Å². The Morgan fingerprint density at radius 2 is 1.95 bits per heavy atom. The van der Waals surface area contributed by atoms with Gasteiger partial charge in [0.2, 0.25) is 10.0 Å². The summed E-state index contributed by atoms with van der Waals surface area (Å²) < 4.78 is 29.9. The summed E-state index contributed by atoms with van der Waals surface area (Å²) in [5, 5.41) is 2.65. The van der Waals surface area contributed by atoms with E-state index < -0.39 is 10.0 Å². The molecule has 20 heavy (non-hydrogen) atoms. The number of hydrogen-bond acceptors (Lipinski definition) is 4. The molecule has 0 atom stereocenters. The van der Waals surface area contributed by atoms with Gasteiger partial charge in [-0.05, 0) is 40.2 Å². The molecule has 0 spiro atoms. The molecule has 8 heteroatoms.